The van der Waals surface area contributed by atoms with E-state index in [1.165, 1.54) is 0 Å². The van der Waals surface area contributed by atoms with Crippen molar-refractivity contribution >= 4 is 0 Å². The van der Waals surface area contributed by atoms with Crippen molar-refractivity contribution in [1.29, 1.82) is 0 Å². The van der Waals surface area contributed by atoms with Crippen molar-refractivity contribution < 1.29 is 9.84 Å². The topological polar surface area (TPSA) is 58.7 Å². The molecule has 0 aliphatic carbocycles. The van der Waals surface area contributed by atoms with Crippen molar-refractivity contribution in [3.8, 4) is 0 Å². The number of nitrogens with two attached hydrogens (primary N) is 1. The number of hydrogen-bond acceptors (Lipinski definition) is 4. The van der Waals surface area contributed by atoms with Gasteiger partial charge in [-0.05, 0) is 46.7 Å². The second-order valence-corrected chi connectivity index (χ2v) is 5.33. The van der Waals surface area contributed by atoms with Gasteiger partial charge in [0.25, 0.3) is 0 Å². The quantitative estimate of drug-likeness (QED) is 0.701. The Hall–Kier alpha value is -0.160. The van der Waals surface area contributed by atoms with Crippen molar-refractivity contribution in [2.24, 2.45) is 5.73 Å². The van der Waals surface area contributed by atoms with E-state index in [-0.39, 0.29) is 6.61 Å². The zero-order valence-corrected chi connectivity index (χ0v) is 10.8. The van der Waals surface area contributed by atoms with Crippen LogP contribution in [0.3, 0.4) is 0 Å². The van der Waals surface area contributed by atoms with Gasteiger partial charge < -0.3 is 20.5 Å². The number of aliphatic hydroxyl groups excluding tert-OH is 1. The molecule has 3 unspecified atom stereocenters. The molecule has 0 aromatic carbocycles. The lowest BCUT2D eigenvalue weighted by atomic mass is 9.98. The maximum atomic E-state index is 9.05. The average molecular weight is 230 g/mol. The monoisotopic (exact) mass is 230 g/mol. The number of aliphatic hydroxyl groups is 1. The summed E-state index contributed by atoms with van der Waals surface area (Å²) >= 11 is 0. The third-order valence-electron chi connectivity index (χ3n) is 3.52. The lowest BCUT2D eigenvalue weighted by Crippen LogP contribution is -2.42. The van der Waals surface area contributed by atoms with E-state index in [0.29, 0.717) is 12.1 Å². The summed E-state index contributed by atoms with van der Waals surface area (Å²) in [5.41, 5.74) is 5.46. The SMILES string of the molecule is CC1OCCC1N(C)CCCC(C)(N)CO. The summed E-state index contributed by atoms with van der Waals surface area (Å²) in [6.07, 6.45) is 3.34. The van der Waals surface area contributed by atoms with Crippen LogP contribution in [0.4, 0.5) is 0 Å². The van der Waals surface area contributed by atoms with Gasteiger partial charge >= 0.3 is 0 Å². The van der Waals surface area contributed by atoms with Crippen molar-refractivity contribution in [3.05, 3.63) is 0 Å². The van der Waals surface area contributed by atoms with Gasteiger partial charge in [-0.15, -0.1) is 0 Å². The average Bonchev–Trinajstić information content (AvgIpc) is 2.64. The molecule has 4 nitrogen and oxygen atoms in total. The summed E-state index contributed by atoms with van der Waals surface area (Å²) in [6.45, 7) is 5.98. The van der Waals surface area contributed by atoms with E-state index < -0.39 is 5.54 Å². The van der Waals surface area contributed by atoms with Crippen LogP contribution in [-0.4, -0.2) is 54.5 Å². The molecule has 1 rings (SSSR count). The second kappa shape index (κ2) is 5.96. The van der Waals surface area contributed by atoms with E-state index in [0.717, 1.165) is 32.4 Å². The van der Waals surface area contributed by atoms with Crippen LogP contribution in [0.5, 0.6) is 0 Å². The lowest BCUT2D eigenvalue weighted by Gasteiger charge is -2.28. The number of rotatable bonds is 6. The summed E-state index contributed by atoms with van der Waals surface area (Å²) in [6, 6.07) is 0.540. The maximum Gasteiger partial charge on any atom is 0.0702 e. The highest BCUT2D eigenvalue weighted by Gasteiger charge is 2.27. The Balaban J connectivity index is 2.22. The fraction of sp³-hybridized carbons (Fsp3) is 1.00. The molecule has 0 saturated carbocycles. The molecule has 1 fully saturated rings. The maximum absolute atomic E-state index is 9.05. The molecule has 3 atom stereocenters. The standard InChI is InChI=1S/C12H26N2O2/c1-10-11(5-8-16-10)14(3)7-4-6-12(2,13)9-15/h10-11,15H,4-9,13H2,1-3H3. The Morgan fingerprint density at radius 2 is 2.25 bits per heavy atom. The van der Waals surface area contributed by atoms with Gasteiger partial charge in [0, 0.05) is 18.2 Å². The fourth-order valence-corrected chi connectivity index (χ4v) is 2.28. The normalized spacial score (nSPS) is 29.6. The van der Waals surface area contributed by atoms with E-state index in [9.17, 15) is 0 Å². The Bertz CT molecular complexity index is 209. The smallest absolute Gasteiger partial charge is 0.0702 e. The molecule has 0 amide bonds. The predicted octanol–water partition coefficient (Wildman–Crippen LogP) is 0.586. The van der Waals surface area contributed by atoms with Gasteiger partial charge in [0.05, 0.1) is 12.7 Å². The minimum atomic E-state index is -0.432. The molecule has 0 aromatic heterocycles. The van der Waals surface area contributed by atoms with Crippen LogP contribution in [0.1, 0.15) is 33.1 Å². The number of hydrogen-bond donors (Lipinski definition) is 2. The van der Waals surface area contributed by atoms with Crippen molar-refractivity contribution in [1.82, 2.24) is 4.90 Å². The summed E-state index contributed by atoms with van der Waals surface area (Å²) in [4.78, 5) is 2.35. The summed E-state index contributed by atoms with van der Waals surface area (Å²) in [5.74, 6) is 0. The van der Waals surface area contributed by atoms with Crippen LogP contribution >= 0.6 is 0 Å². The predicted molar refractivity (Wildman–Crippen MR) is 65.4 cm³/mol. The van der Waals surface area contributed by atoms with Crippen LogP contribution in [0.2, 0.25) is 0 Å². The van der Waals surface area contributed by atoms with Crippen molar-refractivity contribution in [3.63, 3.8) is 0 Å². The van der Waals surface area contributed by atoms with Crippen LogP contribution in [0, 0.1) is 0 Å². The van der Waals surface area contributed by atoms with Gasteiger partial charge in [0.1, 0.15) is 0 Å². The first-order valence-electron chi connectivity index (χ1n) is 6.18. The van der Waals surface area contributed by atoms with Crippen LogP contribution in [0.15, 0.2) is 0 Å². The van der Waals surface area contributed by atoms with Gasteiger partial charge in [-0.2, -0.15) is 0 Å². The number of nitrogens with zero attached hydrogens (tertiary/aromatic N) is 1. The Morgan fingerprint density at radius 1 is 1.56 bits per heavy atom. The Labute approximate surface area is 98.8 Å². The third kappa shape index (κ3) is 4.01. The van der Waals surface area contributed by atoms with Gasteiger partial charge in [-0.3, -0.25) is 0 Å². The number of ether oxygens (including phenoxy) is 1. The van der Waals surface area contributed by atoms with Crippen LogP contribution < -0.4 is 5.73 Å². The molecule has 3 N–H and O–H groups in total. The first-order chi connectivity index (χ1) is 7.46. The largest absolute Gasteiger partial charge is 0.394 e. The minimum Gasteiger partial charge on any atom is -0.394 e. The third-order valence-corrected chi connectivity index (χ3v) is 3.52. The fourth-order valence-electron chi connectivity index (χ4n) is 2.28. The molecule has 1 heterocycles. The van der Waals surface area contributed by atoms with E-state index >= 15 is 0 Å². The highest BCUT2D eigenvalue weighted by atomic mass is 16.5. The zero-order valence-electron chi connectivity index (χ0n) is 10.8. The number of likely N-dealkylation sites (N-methyl/N-ethyl adjacent to an activating group) is 1. The molecule has 96 valence electrons. The van der Waals surface area contributed by atoms with Crippen molar-refractivity contribution in [2.75, 3.05) is 26.8 Å². The van der Waals surface area contributed by atoms with Crippen molar-refractivity contribution in [2.45, 2.75) is 50.8 Å². The van der Waals surface area contributed by atoms with E-state index in [4.69, 9.17) is 15.6 Å². The molecular formula is C12H26N2O2. The first kappa shape index (κ1) is 13.9. The van der Waals surface area contributed by atoms with Gasteiger partial charge in [-0.25, -0.2) is 0 Å². The van der Waals surface area contributed by atoms with Gasteiger partial charge in [-0.1, -0.05) is 0 Å². The van der Waals surface area contributed by atoms with E-state index in [1.54, 1.807) is 0 Å². The molecule has 1 saturated heterocycles. The first-order valence-corrected chi connectivity index (χ1v) is 6.18. The summed E-state index contributed by atoms with van der Waals surface area (Å²) in [5, 5.41) is 9.05. The molecule has 0 spiro atoms. The minimum absolute atomic E-state index is 0.0552. The molecule has 1 aliphatic rings. The molecular weight excluding hydrogens is 204 g/mol. The summed E-state index contributed by atoms with van der Waals surface area (Å²) in [7, 11) is 2.14. The Kier molecular flexibility index (Phi) is 5.18. The van der Waals surface area contributed by atoms with Crippen LogP contribution in [0.25, 0.3) is 0 Å². The van der Waals surface area contributed by atoms with E-state index in [1.807, 2.05) is 6.92 Å². The molecule has 0 aromatic rings. The van der Waals surface area contributed by atoms with Gasteiger partial charge in [0.2, 0.25) is 0 Å². The highest BCUT2D eigenvalue weighted by molar-refractivity contribution is 4.82. The summed E-state index contributed by atoms with van der Waals surface area (Å²) < 4.78 is 5.55. The van der Waals surface area contributed by atoms with E-state index in [2.05, 4.69) is 18.9 Å². The molecule has 1 aliphatic heterocycles. The molecule has 4 heteroatoms. The molecule has 16 heavy (non-hydrogen) atoms. The van der Waals surface area contributed by atoms with Crippen LogP contribution in [-0.2, 0) is 4.74 Å². The van der Waals surface area contributed by atoms with Gasteiger partial charge in [0.15, 0.2) is 0 Å². The highest BCUT2D eigenvalue weighted by Crippen LogP contribution is 2.19. The second-order valence-electron chi connectivity index (χ2n) is 5.33. The lowest BCUT2D eigenvalue weighted by molar-refractivity contribution is 0.0819. The Morgan fingerprint density at radius 3 is 2.75 bits per heavy atom. The zero-order chi connectivity index (χ0) is 12.2. The molecule has 0 radical (unpaired) electrons. The molecule has 0 bridgehead atoms.